The Kier molecular flexibility index (Phi) is 4.43. The largest absolute Gasteiger partial charge is 0.394 e. The van der Waals surface area contributed by atoms with Crippen LogP contribution in [0.2, 0.25) is 10.2 Å². The van der Waals surface area contributed by atoms with Crippen molar-refractivity contribution in [3.63, 3.8) is 0 Å². The topological polar surface area (TPSA) is 65.1 Å². The molecule has 1 aliphatic carbocycles. The zero-order chi connectivity index (χ0) is 14.0. The van der Waals surface area contributed by atoms with Crippen molar-refractivity contribution in [3.05, 3.63) is 21.9 Å². The molecule has 106 valence electrons. The molecule has 3 N–H and O–H groups in total. The minimum absolute atomic E-state index is 0.0503. The first-order valence-electron chi connectivity index (χ1n) is 6.43. The summed E-state index contributed by atoms with van der Waals surface area (Å²) in [6.07, 6.45) is 3.73. The molecule has 1 aromatic heterocycles. The van der Waals surface area contributed by atoms with E-state index in [4.69, 9.17) is 23.2 Å². The van der Waals surface area contributed by atoms with Gasteiger partial charge in [-0.1, -0.05) is 43.0 Å². The van der Waals surface area contributed by atoms with Gasteiger partial charge in [-0.25, -0.2) is 0 Å². The number of hydrogen-bond donors (Lipinski definition) is 3. The number of nitrogens with one attached hydrogen (secondary N) is 2. The first kappa shape index (κ1) is 14.7. The van der Waals surface area contributed by atoms with Gasteiger partial charge in [-0.2, -0.15) is 0 Å². The standard InChI is InChI=1S/C13H18Cl2N2O2/c1-8-3-2-4-13(6-8,7-18)17-12(19)10-5-9(14)11(15)16-10/h5,8,16,18H,2-4,6-7H2,1H3,(H,17,19). The summed E-state index contributed by atoms with van der Waals surface area (Å²) >= 11 is 11.6. The number of H-pyrrole nitrogens is 1. The smallest absolute Gasteiger partial charge is 0.268 e. The number of aliphatic hydroxyl groups excluding tert-OH is 1. The molecule has 0 radical (unpaired) electrons. The molecular formula is C13H18Cl2N2O2. The third-order valence-electron chi connectivity index (χ3n) is 3.74. The Balaban J connectivity index is 2.11. The van der Waals surface area contributed by atoms with Crippen molar-refractivity contribution in [1.82, 2.24) is 10.3 Å². The molecule has 2 rings (SSSR count). The van der Waals surface area contributed by atoms with Crippen LogP contribution < -0.4 is 5.32 Å². The van der Waals surface area contributed by atoms with Crippen LogP contribution in [0.15, 0.2) is 6.07 Å². The lowest BCUT2D eigenvalue weighted by Crippen LogP contribution is -2.53. The number of carbonyl (C=O) groups is 1. The van der Waals surface area contributed by atoms with Gasteiger partial charge in [-0.15, -0.1) is 0 Å². The second-order valence-corrected chi connectivity index (χ2v) is 6.22. The summed E-state index contributed by atoms with van der Waals surface area (Å²) < 4.78 is 0. The minimum Gasteiger partial charge on any atom is -0.394 e. The Morgan fingerprint density at radius 1 is 1.63 bits per heavy atom. The van der Waals surface area contributed by atoms with Crippen molar-refractivity contribution < 1.29 is 9.90 Å². The maximum Gasteiger partial charge on any atom is 0.268 e. The minimum atomic E-state index is -0.529. The third kappa shape index (κ3) is 3.25. The Bertz CT molecular complexity index is 456. The molecule has 1 heterocycles. The summed E-state index contributed by atoms with van der Waals surface area (Å²) in [5.74, 6) is 0.217. The molecule has 0 spiro atoms. The van der Waals surface area contributed by atoms with Gasteiger partial charge in [0, 0.05) is 0 Å². The number of aromatic amines is 1. The van der Waals surface area contributed by atoms with Crippen molar-refractivity contribution in [2.24, 2.45) is 5.92 Å². The molecule has 1 saturated carbocycles. The first-order valence-corrected chi connectivity index (χ1v) is 7.19. The van der Waals surface area contributed by atoms with E-state index >= 15 is 0 Å². The molecule has 1 fully saturated rings. The monoisotopic (exact) mass is 304 g/mol. The third-order valence-corrected chi connectivity index (χ3v) is 4.44. The zero-order valence-electron chi connectivity index (χ0n) is 10.8. The molecule has 19 heavy (non-hydrogen) atoms. The second-order valence-electron chi connectivity index (χ2n) is 5.44. The maximum atomic E-state index is 12.2. The summed E-state index contributed by atoms with van der Waals surface area (Å²) in [7, 11) is 0. The van der Waals surface area contributed by atoms with Gasteiger partial charge in [-0.05, 0) is 24.8 Å². The van der Waals surface area contributed by atoms with Crippen LogP contribution in [0.4, 0.5) is 0 Å². The number of halogens is 2. The summed E-state index contributed by atoms with van der Waals surface area (Å²) in [6, 6.07) is 1.50. The normalized spacial score (nSPS) is 27.3. The van der Waals surface area contributed by atoms with E-state index in [1.54, 1.807) is 0 Å². The molecular weight excluding hydrogens is 287 g/mol. The lowest BCUT2D eigenvalue weighted by atomic mass is 9.77. The second kappa shape index (κ2) is 5.73. The summed E-state index contributed by atoms with van der Waals surface area (Å²) in [5, 5.41) is 13.1. The van der Waals surface area contributed by atoms with E-state index in [0.717, 1.165) is 25.7 Å². The van der Waals surface area contributed by atoms with Crippen molar-refractivity contribution in [2.45, 2.75) is 38.1 Å². The van der Waals surface area contributed by atoms with Crippen molar-refractivity contribution in [2.75, 3.05) is 6.61 Å². The van der Waals surface area contributed by atoms with E-state index in [2.05, 4.69) is 17.2 Å². The Morgan fingerprint density at radius 2 is 2.37 bits per heavy atom. The van der Waals surface area contributed by atoms with Crippen LogP contribution in [-0.2, 0) is 0 Å². The van der Waals surface area contributed by atoms with E-state index in [1.165, 1.54) is 6.07 Å². The predicted molar refractivity (Wildman–Crippen MR) is 75.7 cm³/mol. The maximum absolute atomic E-state index is 12.2. The van der Waals surface area contributed by atoms with Crippen LogP contribution in [0.25, 0.3) is 0 Å². The average molecular weight is 305 g/mol. The fraction of sp³-hybridized carbons (Fsp3) is 0.615. The van der Waals surface area contributed by atoms with Crippen LogP contribution in [0.1, 0.15) is 43.1 Å². The average Bonchev–Trinajstić information content (AvgIpc) is 2.70. The van der Waals surface area contributed by atoms with Crippen molar-refractivity contribution in [3.8, 4) is 0 Å². The quantitative estimate of drug-likeness (QED) is 0.804. The molecule has 0 saturated heterocycles. The Morgan fingerprint density at radius 3 is 2.89 bits per heavy atom. The van der Waals surface area contributed by atoms with Gasteiger partial charge >= 0.3 is 0 Å². The SMILES string of the molecule is CC1CCCC(CO)(NC(=O)c2cc(Cl)c(Cl)[nH]2)C1. The van der Waals surface area contributed by atoms with Gasteiger partial charge in [0.25, 0.3) is 5.91 Å². The molecule has 2 atom stereocenters. The van der Waals surface area contributed by atoms with Gasteiger partial charge in [0.05, 0.1) is 17.2 Å². The molecule has 4 nitrogen and oxygen atoms in total. The van der Waals surface area contributed by atoms with E-state index in [-0.39, 0.29) is 17.7 Å². The van der Waals surface area contributed by atoms with Gasteiger partial charge in [0.2, 0.25) is 0 Å². The lowest BCUT2D eigenvalue weighted by Gasteiger charge is -2.39. The molecule has 0 bridgehead atoms. The number of aliphatic hydroxyl groups is 1. The highest BCUT2D eigenvalue weighted by Crippen LogP contribution is 2.32. The van der Waals surface area contributed by atoms with Crippen molar-refractivity contribution >= 4 is 29.1 Å². The fourth-order valence-electron chi connectivity index (χ4n) is 2.79. The summed E-state index contributed by atoms with van der Waals surface area (Å²) in [6.45, 7) is 2.09. The number of hydrogen-bond acceptors (Lipinski definition) is 2. The fourth-order valence-corrected chi connectivity index (χ4v) is 3.10. The number of amides is 1. The molecule has 1 amide bonds. The van der Waals surface area contributed by atoms with Crippen LogP contribution in [0.5, 0.6) is 0 Å². The lowest BCUT2D eigenvalue weighted by molar-refractivity contribution is 0.0693. The number of rotatable bonds is 3. The molecule has 0 aromatic carbocycles. The van der Waals surface area contributed by atoms with Gasteiger partial charge in [0.1, 0.15) is 10.8 Å². The van der Waals surface area contributed by atoms with Crippen LogP contribution >= 0.6 is 23.2 Å². The molecule has 1 aromatic rings. The number of aromatic nitrogens is 1. The molecule has 1 aliphatic rings. The van der Waals surface area contributed by atoms with E-state index in [1.807, 2.05) is 0 Å². The van der Waals surface area contributed by atoms with Crippen LogP contribution in [0, 0.1) is 5.92 Å². The molecule has 2 unspecified atom stereocenters. The number of carbonyl (C=O) groups excluding carboxylic acids is 1. The Hall–Kier alpha value is -0.710. The first-order chi connectivity index (χ1) is 8.96. The summed E-state index contributed by atoms with van der Waals surface area (Å²) in [5.41, 5.74) is -0.209. The Labute approximate surface area is 122 Å². The highest BCUT2D eigenvalue weighted by molar-refractivity contribution is 6.41. The van der Waals surface area contributed by atoms with Crippen molar-refractivity contribution in [1.29, 1.82) is 0 Å². The molecule has 6 heteroatoms. The highest BCUT2D eigenvalue weighted by atomic mass is 35.5. The summed E-state index contributed by atoms with van der Waals surface area (Å²) in [4.78, 5) is 14.9. The van der Waals surface area contributed by atoms with Gasteiger partial charge < -0.3 is 15.4 Å². The van der Waals surface area contributed by atoms with Gasteiger partial charge in [-0.3, -0.25) is 4.79 Å². The van der Waals surface area contributed by atoms with Crippen LogP contribution in [-0.4, -0.2) is 28.1 Å². The van der Waals surface area contributed by atoms with E-state index in [0.29, 0.717) is 16.6 Å². The van der Waals surface area contributed by atoms with Crippen LogP contribution in [0.3, 0.4) is 0 Å². The predicted octanol–water partition coefficient (Wildman–Crippen LogP) is 2.99. The van der Waals surface area contributed by atoms with E-state index in [9.17, 15) is 9.90 Å². The van der Waals surface area contributed by atoms with Gasteiger partial charge in [0.15, 0.2) is 0 Å². The van der Waals surface area contributed by atoms with E-state index < -0.39 is 5.54 Å². The highest BCUT2D eigenvalue weighted by Gasteiger charge is 2.36. The molecule has 0 aliphatic heterocycles. The zero-order valence-corrected chi connectivity index (χ0v) is 12.3.